The molecule has 1 aromatic rings. The summed E-state index contributed by atoms with van der Waals surface area (Å²) in [4.78, 5) is 0. The first kappa shape index (κ1) is 15.7. The number of nitrogens with zero attached hydrogens (tertiary/aromatic N) is 1. The molecular weight excluding hydrogens is 374 g/mol. The Labute approximate surface area is 130 Å². The number of halogens is 2. The molecule has 4 nitrogen and oxygen atoms in total. The van der Waals surface area contributed by atoms with Gasteiger partial charge in [0.1, 0.15) is 4.21 Å². The zero-order valence-electron chi connectivity index (χ0n) is 10.6. The molecule has 0 bridgehead atoms. The molecule has 2 heterocycles. The molecule has 19 heavy (non-hydrogen) atoms. The van der Waals surface area contributed by atoms with Crippen molar-refractivity contribution < 1.29 is 13.2 Å². The maximum Gasteiger partial charge on any atom is 0.253 e. The van der Waals surface area contributed by atoms with Crippen LogP contribution in [0.1, 0.15) is 20.3 Å². The van der Waals surface area contributed by atoms with Crippen molar-refractivity contribution in [2.75, 3.05) is 13.2 Å². The first-order valence-corrected chi connectivity index (χ1v) is 9.37. The molecule has 1 aliphatic heterocycles. The monoisotopic (exact) mass is 387 g/mol. The molecule has 0 spiro atoms. The maximum atomic E-state index is 12.7. The lowest BCUT2D eigenvalue weighted by Crippen LogP contribution is -2.50. The van der Waals surface area contributed by atoms with E-state index < -0.39 is 10.0 Å². The van der Waals surface area contributed by atoms with E-state index in [1.54, 1.807) is 0 Å². The minimum absolute atomic E-state index is 0.0866. The molecule has 1 aromatic heterocycles. The Morgan fingerprint density at radius 3 is 2.84 bits per heavy atom. The van der Waals surface area contributed by atoms with E-state index >= 15 is 0 Å². The van der Waals surface area contributed by atoms with Crippen LogP contribution in [0.5, 0.6) is 0 Å². The zero-order chi connectivity index (χ0) is 14.2. The standard InChI is InChI=1S/C11H15BrClNO3S2/c1-3-8-6-17-7(2)5-14(8)19(15,16)10-4-9(13)11(12)18-10/h4,7-8H,3,5-6H2,1-2H3. The minimum Gasteiger partial charge on any atom is -0.375 e. The summed E-state index contributed by atoms with van der Waals surface area (Å²) in [6.45, 7) is 4.67. The largest absolute Gasteiger partial charge is 0.375 e. The molecule has 1 fully saturated rings. The van der Waals surface area contributed by atoms with E-state index in [0.717, 1.165) is 17.8 Å². The quantitative estimate of drug-likeness (QED) is 0.797. The molecule has 0 saturated carbocycles. The lowest BCUT2D eigenvalue weighted by molar-refractivity contribution is -0.0229. The van der Waals surface area contributed by atoms with Crippen molar-refractivity contribution in [2.45, 2.75) is 36.6 Å². The Kier molecular flexibility index (Phi) is 4.96. The highest BCUT2D eigenvalue weighted by Gasteiger charge is 2.36. The number of morpholine rings is 1. The lowest BCUT2D eigenvalue weighted by Gasteiger charge is -2.36. The van der Waals surface area contributed by atoms with Crippen LogP contribution in [0.15, 0.2) is 14.1 Å². The third-order valence-electron chi connectivity index (χ3n) is 3.07. The number of rotatable bonds is 3. The Hall–Kier alpha value is 0.340. The van der Waals surface area contributed by atoms with Crippen molar-refractivity contribution in [3.05, 3.63) is 14.9 Å². The minimum atomic E-state index is -3.50. The molecule has 1 aliphatic rings. The SMILES string of the molecule is CCC1COC(C)CN1S(=O)(=O)c1cc(Cl)c(Br)s1. The van der Waals surface area contributed by atoms with Crippen molar-refractivity contribution in [3.8, 4) is 0 Å². The van der Waals surface area contributed by atoms with Crippen LogP contribution in [0.3, 0.4) is 0 Å². The number of hydrogen-bond acceptors (Lipinski definition) is 4. The van der Waals surface area contributed by atoms with Crippen molar-refractivity contribution in [1.82, 2.24) is 4.31 Å². The molecule has 2 unspecified atom stereocenters. The van der Waals surface area contributed by atoms with Crippen molar-refractivity contribution in [2.24, 2.45) is 0 Å². The van der Waals surface area contributed by atoms with Gasteiger partial charge >= 0.3 is 0 Å². The second-order valence-corrected chi connectivity index (χ2v) is 9.36. The summed E-state index contributed by atoms with van der Waals surface area (Å²) in [5.41, 5.74) is 0. The van der Waals surface area contributed by atoms with Crippen LogP contribution in [0.25, 0.3) is 0 Å². The molecule has 8 heteroatoms. The van der Waals surface area contributed by atoms with Crippen LogP contribution in [0.2, 0.25) is 5.02 Å². The van der Waals surface area contributed by atoms with Crippen LogP contribution in [-0.2, 0) is 14.8 Å². The van der Waals surface area contributed by atoms with Crippen molar-refractivity contribution in [1.29, 1.82) is 0 Å². The lowest BCUT2D eigenvalue weighted by atomic mass is 10.2. The van der Waals surface area contributed by atoms with Crippen LogP contribution in [0.4, 0.5) is 0 Å². The highest BCUT2D eigenvalue weighted by Crippen LogP contribution is 2.37. The number of sulfonamides is 1. The fourth-order valence-corrected chi connectivity index (χ4v) is 6.29. The Morgan fingerprint density at radius 2 is 2.32 bits per heavy atom. The predicted octanol–water partition coefficient (Wildman–Crippen LogP) is 3.35. The molecule has 0 amide bonds. The smallest absolute Gasteiger partial charge is 0.253 e. The zero-order valence-corrected chi connectivity index (χ0v) is 14.6. The molecule has 108 valence electrons. The fraction of sp³-hybridized carbons (Fsp3) is 0.636. The fourth-order valence-electron chi connectivity index (χ4n) is 2.00. The maximum absolute atomic E-state index is 12.7. The molecule has 0 radical (unpaired) electrons. The van der Waals surface area contributed by atoms with Gasteiger partial charge in [0.05, 0.1) is 21.5 Å². The van der Waals surface area contributed by atoms with E-state index in [2.05, 4.69) is 15.9 Å². The molecule has 2 atom stereocenters. The third-order valence-corrected chi connectivity index (χ3v) is 7.92. The topological polar surface area (TPSA) is 46.6 Å². The second kappa shape index (κ2) is 5.99. The second-order valence-electron chi connectivity index (χ2n) is 4.47. The van der Waals surface area contributed by atoms with Gasteiger partial charge in [0, 0.05) is 12.6 Å². The van der Waals surface area contributed by atoms with Gasteiger partial charge < -0.3 is 4.74 Å². The molecule has 0 aliphatic carbocycles. The van der Waals surface area contributed by atoms with Gasteiger partial charge in [-0.1, -0.05) is 18.5 Å². The summed E-state index contributed by atoms with van der Waals surface area (Å²) in [6.07, 6.45) is 0.642. The normalized spacial score (nSPS) is 25.7. The van der Waals surface area contributed by atoms with Crippen LogP contribution in [0, 0.1) is 0 Å². The highest BCUT2D eigenvalue weighted by atomic mass is 79.9. The van der Waals surface area contributed by atoms with Gasteiger partial charge in [0.15, 0.2) is 0 Å². The summed E-state index contributed by atoms with van der Waals surface area (Å²) in [5, 5.41) is 0.429. The van der Waals surface area contributed by atoms with Gasteiger partial charge in [0.2, 0.25) is 0 Å². The van der Waals surface area contributed by atoms with E-state index in [1.807, 2.05) is 13.8 Å². The molecule has 2 rings (SSSR count). The van der Waals surface area contributed by atoms with E-state index in [4.69, 9.17) is 16.3 Å². The average molecular weight is 389 g/mol. The van der Waals surface area contributed by atoms with Crippen molar-refractivity contribution >= 4 is 48.9 Å². The van der Waals surface area contributed by atoms with E-state index in [-0.39, 0.29) is 16.4 Å². The summed E-state index contributed by atoms with van der Waals surface area (Å²) < 4.78 is 33.3. The average Bonchev–Trinajstić information content (AvgIpc) is 2.70. The van der Waals surface area contributed by atoms with Crippen LogP contribution >= 0.6 is 38.9 Å². The first-order valence-electron chi connectivity index (χ1n) is 5.94. The first-order chi connectivity index (χ1) is 8.86. The summed E-state index contributed by atoms with van der Waals surface area (Å²) in [5.74, 6) is 0. The summed E-state index contributed by atoms with van der Waals surface area (Å²) >= 11 is 10.3. The van der Waals surface area contributed by atoms with Gasteiger partial charge in [-0.2, -0.15) is 4.31 Å². The Morgan fingerprint density at radius 1 is 1.63 bits per heavy atom. The molecule has 0 N–H and O–H groups in total. The molecule has 0 aromatic carbocycles. The van der Waals surface area contributed by atoms with E-state index in [9.17, 15) is 8.42 Å². The summed E-state index contributed by atoms with van der Waals surface area (Å²) in [6, 6.07) is 1.39. The third kappa shape index (κ3) is 3.16. The van der Waals surface area contributed by atoms with Crippen molar-refractivity contribution in [3.63, 3.8) is 0 Å². The van der Waals surface area contributed by atoms with E-state index in [1.165, 1.54) is 10.4 Å². The van der Waals surface area contributed by atoms with Gasteiger partial charge in [-0.15, -0.1) is 11.3 Å². The number of ether oxygens (including phenoxy) is 1. The molecule has 1 saturated heterocycles. The molecular formula is C11H15BrClNO3S2. The Balaban J connectivity index is 2.36. The van der Waals surface area contributed by atoms with Gasteiger partial charge in [0.25, 0.3) is 10.0 Å². The van der Waals surface area contributed by atoms with Crippen LogP contribution < -0.4 is 0 Å². The summed E-state index contributed by atoms with van der Waals surface area (Å²) in [7, 11) is -3.50. The number of hydrogen-bond donors (Lipinski definition) is 0. The van der Waals surface area contributed by atoms with E-state index in [0.29, 0.717) is 22.0 Å². The van der Waals surface area contributed by atoms with Gasteiger partial charge in [-0.05, 0) is 35.3 Å². The van der Waals surface area contributed by atoms with Gasteiger partial charge in [-0.3, -0.25) is 0 Å². The van der Waals surface area contributed by atoms with Crippen LogP contribution in [-0.4, -0.2) is 38.0 Å². The highest BCUT2D eigenvalue weighted by molar-refractivity contribution is 9.11. The van der Waals surface area contributed by atoms with Gasteiger partial charge in [-0.25, -0.2) is 8.42 Å². The predicted molar refractivity (Wildman–Crippen MR) is 80.4 cm³/mol. The number of thiophene rings is 1. The Bertz CT molecular complexity index is 541.